The van der Waals surface area contributed by atoms with Crippen molar-refractivity contribution in [3.63, 3.8) is 0 Å². The summed E-state index contributed by atoms with van der Waals surface area (Å²) in [7, 11) is 1.52. The van der Waals surface area contributed by atoms with Crippen molar-refractivity contribution >= 4 is 33.4 Å². The third-order valence-corrected chi connectivity index (χ3v) is 8.00. The largest absolute Gasteiger partial charge is 0.494 e. The molecule has 1 fully saturated rings. The van der Waals surface area contributed by atoms with Gasteiger partial charge in [0.25, 0.3) is 5.91 Å². The SMILES string of the molecule is CCOc1c(CC(N)=O)cc([C@@](O)(CNC(=O)c2cc(OC)c3nc(C)sc3c2)C2CC2)nc1-c1ccc(F)cc1. The van der Waals surface area contributed by atoms with E-state index >= 15 is 0 Å². The lowest BCUT2D eigenvalue weighted by Crippen LogP contribution is -2.43. The van der Waals surface area contributed by atoms with Gasteiger partial charge >= 0.3 is 0 Å². The summed E-state index contributed by atoms with van der Waals surface area (Å²) in [5.41, 5.74) is 6.69. The van der Waals surface area contributed by atoms with Crippen molar-refractivity contribution in [2.24, 2.45) is 11.7 Å². The number of rotatable bonds is 11. The number of aromatic nitrogens is 2. The standard InChI is InChI=1S/C30H31FN4O5S/c1-4-40-28-18(14-25(32)36)13-24(35-26(28)17-5-9-21(31)10-6-17)30(38,20-7-8-20)15-33-29(37)19-11-22(39-3)27-23(12-19)41-16(2)34-27/h5-6,9-13,20,38H,4,7-8,14-15H2,1-3H3,(H2,32,36)(H,33,37)/t30-/m1/s1. The molecule has 9 nitrogen and oxygen atoms in total. The second-order valence-electron chi connectivity index (χ2n) is 10.1. The first-order chi connectivity index (χ1) is 19.6. The van der Waals surface area contributed by atoms with Gasteiger partial charge in [0.05, 0.1) is 42.1 Å². The van der Waals surface area contributed by atoms with E-state index in [1.165, 1.54) is 30.6 Å². The van der Waals surface area contributed by atoms with Crippen LogP contribution in [-0.2, 0) is 16.8 Å². The van der Waals surface area contributed by atoms with Gasteiger partial charge in [-0.1, -0.05) is 0 Å². The van der Waals surface area contributed by atoms with E-state index in [-0.39, 0.29) is 31.2 Å². The molecule has 2 heterocycles. The molecule has 41 heavy (non-hydrogen) atoms. The molecule has 0 spiro atoms. The molecule has 5 rings (SSSR count). The number of nitrogens with two attached hydrogens (primary N) is 1. The van der Waals surface area contributed by atoms with Gasteiger partial charge in [0.2, 0.25) is 5.91 Å². The maximum atomic E-state index is 13.7. The van der Waals surface area contributed by atoms with Crippen molar-refractivity contribution in [3.8, 4) is 22.8 Å². The quantitative estimate of drug-likeness (QED) is 0.242. The molecule has 1 aliphatic rings. The van der Waals surface area contributed by atoms with Crippen molar-refractivity contribution < 1.29 is 28.6 Å². The topological polar surface area (TPSA) is 137 Å². The lowest BCUT2D eigenvalue weighted by molar-refractivity contribution is -0.117. The second-order valence-corrected chi connectivity index (χ2v) is 11.3. The highest BCUT2D eigenvalue weighted by molar-refractivity contribution is 7.18. The predicted molar refractivity (Wildman–Crippen MR) is 154 cm³/mol. The van der Waals surface area contributed by atoms with Gasteiger partial charge in [0, 0.05) is 16.7 Å². The fourth-order valence-corrected chi connectivity index (χ4v) is 5.84. The average molecular weight is 579 g/mol. The van der Waals surface area contributed by atoms with Crippen LogP contribution in [0.1, 0.15) is 46.4 Å². The minimum absolute atomic E-state index is 0.127. The van der Waals surface area contributed by atoms with E-state index in [0.29, 0.717) is 39.4 Å². The number of ether oxygens (including phenoxy) is 2. The zero-order chi connectivity index (χ0) is 29.3. The van der Waals surface area contributed by atoms with E-state index in [9.17, 15) is 19.1 Å². The van der Waals surface area contributed by atoms with Gasteiger partial charge in [-0.2, -0.15) is 0 Å². The van der Waals surface area contributed by atoms with Crippen molar-refractivity contribution in [3.05, 3.63) is 70.1 Å². The van der Waals surface area contributed by atoms with Crippen LogP contribution in [0.25, 0.3) is 21.5 Å². The molecule has 2 amide bonds. The number of aliphatic hydroxyl groups is 1. The maximum absolute atomic E-state index is 13.7. The molecule has 2 aromatic carbocycles. The molecule has 4 N–H and O–H groups in total. The number of carbonyl (C=O) groups is 2. The monoisotopic (exact) mass is 578 g/mol. The summed E-state index contributed by atoms with van der Waals surface area (Å²) < 4.78 is 25.9. The number of aryl methyl sites for hydroxylation is 1. The average Bonchev–Trinajstić information content (AvgIpc) is 3.73. The minimum atomic E-state index is -1.54. The smallest absolute Gasteiger partial charge is 0.251 e. The highest BCUT2D eigenvalue weighted by atomic mass is 32.1. The molecule has 1 aliphatic carbocycles. The second kappa shape index (κ2) is 11.4. The fraction of sp³-hybridized carbons (Fsp3) is 0.333. The van der Waals surface area contributed by atoms with E-state index in [2.05, 4.69) is 10.3 Å². The van der Waals surface area contributed by atoms with Crippen LogP contribution in [0.2, 0.25) is 0 Å². The molecule has 0 bridgehead atoms. The number of methoxy groups -OCH3 is 1. The van der Waals surface area contributed by atoms with E-state index in [4.69, 9.17) is 20.2 Å². The summed E-state index contributed by atoms with van der Waals surface area (Å²) in [5, 5.41) is 15.8. The van der Waals surface area contributed by atoms with Gasteiger partial charge < -0.3 is 25.6 Å². The summed E-state index contributed by atoms with van der Waals surface area (Å²) in [5.74, 6) is -0.735. The van der Waals surface area contributed by atoms with Gasteiger partial charge in [0.15, 0.2) is 0 Å². The first kappa shape index (κ1) is 28.4. The zero-order valence-corrected chi connectivity index (χ0v) is 23.8. The lowest BCUT2D eigenvalue weighted by atomic mass is 9.90. The van der Waals surface area contributed by atoms with Gasteiger partial charge in [-0.05, 0) is 75.1 Å². The third kappa shape index (κ3) is 5.86. The molecular weight excluding hydrogens is 547 g/mol. The van der Waals surface area contributed by atoms with Crippen LogP contribution in [-0.4, -0.2) is 47.2 Å². The van der Waals surface area contributed by atoms with Crippen LogP contribution >= 0.6 is 11.3 Å². The number of hydrogen-bond acceptors (Lipinski definition) is 8. The summed E-state index contributed by atoms with van der Waals surface area (Å²) in [6.45, 7) is 3.85. The van der Waals surface area contributed by atoms with Crippen LogP contribution < -0.4 is 20.5 Å². The molecule has 214 valence electrons. The van der Waals surface area contributed by atoms with Crippen molar-refractivity contribution in [1.29, 1.82) is 0 Å². The van der Waals surface area contributed by atoms with E-state index in [0.717, 1.165) is 22.5 Å². The zero-order valence-electron chi connectivity index (χ0n) is 23.0. The molecule has 0 unspecified atom stereocenters. The van der Waals surface area contributed by atoms with Crippen LogP contribution in [0.5, 0.6) is 11.5 Å². The molecule has 1 saturated carbocycles. The van der Waals surface area contributed by atoms with Gasteiger partial charge in [-0.3, -0.25) is 9.59 Å². The Bertz CT molecular complexity index is 1620. The van der Waals surface area contributed by atoms with Crippen LogP contribution in [0, 0.1) is 18.7 Å². The maximum Gasteiger partial charge on any atom is 0.251 e. The molecule has 0 aliphatic heterocycles. The number of nitrogens with zero attached hydrogens (tertiary/aromatic N) is 2. The molecule has 0 radical (unpaired) electrons. The Morgan fingerprint density at radius 3 is 2.56 bits per heavy atom. The fourth-order valence-electron chi connectivity index (χ4n) is 4.95. The minimum Gasteiger partial charge on any atom is -0.494 e. The van der Waals surface area contributed by atoms with E-state index < -0.39 is 23.2 Å². The number of thiazole rings is 1. The third-order valence-electron chi connectivity index (χ3n) is 7.08. The van der Waals surface area contributed by atoms with Crippen LogP contribution in [0.3, 0.4) is 0 Å². The van der Waals surface area contributed by atoms with Gasteiger partial charge in [-0.15, -0.1) is 11.3 Å². The van der Waals surface area contributed by atoms with Crippen molar-refractivity contribution in [2.75, 3.05) is 20.3 Å². The van der Waals surface area contributed by atoms with Crippen molar-refractivity contribution in [2.45, 2.75) is 38.7 Å². The normalized spacial score (nSPS) is 14.5. The Balaban J connectivity index is 1.53. The number of halogens is 1. The number of primary amides is 1. The van der Waals surface area contributed by atoms with E-state index in [1.54, 1.807) is 37.3 Å². The number of nitrogens with one attached hydrogen (secondary N) is 1. The Labute approximate surface area is 240 Å². The molecule has 4 aromatic rings. The first-order valence-electron chi connectivity index (χ1n) is 13.3. The number of benzene rings is 2. The van der Waals surface area contributed by atoms with Gasteiger partial charge in [-0.25, -0.2) is 14.4 Å². The van der Waals surface area contributed by atoms with Crippen LogP contribution in [0.15, 0.2) is 42.5 Å². The number of fused-ring (bicyclic) bond motifs is 1. The molecule has 2 aromatic heterocycles. The Morgan fingerprint density at radius 1 is 1.20 bits per heavy atom. The highest BCUT2D eigenvalue weighted by Gasteiger charge is 2.47. The summed E-state index contributed by atoms with van der Waals surface area (Å²) >= 11 is 1.46. The first-order valence-corrected chi connectivity index (χ1v) is 14.1. The number of carbonyl (C=O) groups excluding carboxylic acids is 2. The number of hydrogen-bond donors (Lipinski definition) is 3. The van der Waals surface area contributed by atoms with Crippen LogP contribution in [0.4, 0.5) is 4.39 Å². The number of pyridine rings is 1. The number of amides is 2. The molecule has 1 atom stereocenters. The highest BCUT2D eigenvalue weighted by Crippen LogP contribution is 2.47. The Morgan fingerprint density at radius 2 is 1.93 bits per heavy atom. The Hall–Kier alpha value is -4.09. The Kier molecular flexibility index (Phi) is 7.92. The van der Waals surface area contributed by atoms with E-state index in [1.807, 2.05) is 6.92 Å². The lowest BCUT2D eigenvalue weighted by Gasteiger charge is -2.30. The summed E-state index contributed by atoms with van der Waals surface area (Å²) in [6, 6.07) is 10.7. The predicted octanol–water partition coefficient (Wildman–Crippen LogP) is 4.27. The summed E-state index contributed by atoms with van der Waals surface area (Å²) in [6.07, 6.45) is 1.32. The molecule has 11 heteroatoms. The van der Waals surface area contributed by atoms with Crippen molar-refractivity contribution in [1.82, 2.24) is 15.3 Å². The van der Waals surface area contributed by atoms with Gasteiger partial charge in [0.1, 0.15) is 34.1 Å². The molecular formula is C30H31FN4O5S. The molecule has 0 saturated heterocycles. The summed E-state index contributed by atoms with van der Waals surface area (Å²) in [4.78, 5) is 34.6.